The number of aryl methyl sites for hydroxylation is 1. The Balaban J connectivity index is 2.11. The molecule has 2 nitrogen and oxygen atoms in total. The first-order valence-electron chi connectivity index (χ1n) is 6.38. The lowest BCUT2D eigenvalue weighted by Gasteiger charge is -2.11. The maximum absolute atomic E-state index is 6.02. The van der Waals surface area contributed by atoms with Crippen LogP contribution in [0.5, 0.6) is 5.75 Å². The summed E-state index contributed by atoms with van der Waals surface area (Å²) in [6.07, 6.45) is 1.04. The fourth-order valence-electron chi connectivity index (χ4n) is 1.98. The maximum atomic E-state index is 6.02. The maximum Gasteiger partial charge on any atom is 0.123 e. The quantitative estimate of drug-likeness (QED) is 0.866. The summed E-state index contributed by atoms with van der Waals surface area (Å²) in [6, 6.07) is 14.1. The summed E-state index contributed by atoms with van der Waals surface area (Å²) in [5, 5.41) is 4.12. The molecule has 2 aromatic carbocycles. The van der Waals surface area contributed by atoms with Crippen molar-refractivity contribution in [3.63, 3.8) is 0 Å². The van der Waals surface area contributed by atoms with Gasteiger partial charge in [-0.15, -0.1) is 0 Å². The van der Waals surface area contributed by atoms with E-state index in [1.165, 1.54) is 5.56 Å². The van der Waals surface area contributed by atoms with Gasteiger partial charge in [-0.3, -0.25) is 0 Å². The summed E-state index contributed by atoms with van der Waals surface area (Å²) in [7, 11) is 1.67. The second-order valence-electron chi connectivity index (χ2n) is 4.36. The molecule has 0 aromatic heterocycles. The Hall–Kier alpha value is -1.67. The molecule has 0 saturated carbocycles. The van der Waals surface area contributed by atoms with Crippen LogP contribution >= 0.6 is 11.6 Å². The number of benzene rings is 2. The van der Waals surface area contributed by atoms with Crippen LogP contribution < -0.4 is 10.1 Å². The first-order chi connectivity index (χ1) is 9.22. The van der Waals surface area contributed by atoms with E-state index in [1.807, 2.05) is 18.2 Å². The Morgan fingerprint density at radius 2 is 2.00 bits per heavy atom. The number of methoxy groups -OCH3 is 1. The highest BCUT2D eigenvalue weighted by atomic mass is 35.5. The van der Waals surface area contributed by atoms with Crippen molar-refractivity contribution in [2.45, 2.75) is 19.9 Å². The third-order valence-corrected chi connectivity index (χ3v) is 3.30. The minimum atomic E-state index is 0.691. The molecule has 0 aliphatic carbocycles. The first-order valence-corrected chi connectivity index (χ1v) is 6.76. The monoisotopic (exact) mass is 275 g/mol. The molecule has 100 valence electrons. The third-order valence-electron chi connectivity index (χ3n) is 3.06. The van der Waals surface area contributed by atoms with Gasteiger partial charge < -0.3 is 10.1 Å². The topological polar surface area (TPSA) is 21.3 Å². The highest BCUT2D eigenvalue weighted by Crippen LogP contribution is 2.23. The second kappa shape index (κ2) is 6.48. The molecule has 0 spiro atoms. The Kier molecular flexibility index (Phi) is 4.69. The predicted octanol–water partition coefficient (Wildman–Crippen LogP) is 4.52. The number of rotatable bonds is 5. The van der Waals surface area contributed by atoms with Crippen molar-refractivity contribution < 1.29 is 4.74 Å². The molecular formula is C16H18ClNO. The number of ether oxygens (including phenoxy) is 1. The lowest BCUT2D eigenvalue weighted by molar-refractivity contribution is 0.410. The van der Waals surface area contributed by atoms with Crippen LogP contribution in [0.15, 0.2) is 42.5 Å². The van der Waals surface area contributed by atoms with Gasteiger partial charge in [0.25, 0.3) is 0 Å². The van der Waals surface area contributed by atoms with Gasteiger partial charge in [0.1, 0.15) is 5.75 Å². The molecule has 2 rings (SSSR count). The standard InChI is InChI=1S/C16H18ClNO/c1-3-12-5-4-6-15(9-12)18-11-13-10-14(17)7-8-16(13)19-2/h4-10,18H,3,11H2,1-2H3. The Morgan fingerprint density at radius 1 is 1.16 bits per heavy atom. The predicted molar refractivity (Wildman–Crippen MR) is 81.2 cm³/mol. The van der Waals surface area contributed by atoms with Gasteiger partial charge >= 0.3 is 0 Å². The molecule has 0 unspecified atom stereocenters. The molecule has 0 saturated heterocycles. The summed E-state index contributed by atoms with van der Waals surface area (Å²) >= 11 is 6.02. The summed E-state index contributed by atoms with van der Waals surface area (Å²) in [5.74, 6) is 0.851. The average molecular weight is 276 g/mol. The van der Waals surface area contributed by atoms with Gasteiger partial charge in [-0.1, -0.05) is 30.7 Å². The highest BCUT2D eigenvalue weighted by molar-refractivity contribution is 6.30. The van der Waals surface area contributed by atoms with Crippen molar-refractivity contribution in [3.8, 4) is 5.75 Å². The third kappa shape index (κ3) is 3.65. The van der Waals surface area contributed by atoms with E-state index in [0.29, 0.717) is 6.54 Å². The van der Waals surface area contributed by atoms with Gasteiger partial charge in [-0.2, -0.15) is 0 Å². The van der Waals surface area contributed by atoms with Crippen molar-refractivity contribution in [1.29, 1.82) is 0 Å². The molecule has 19 heavy (non-hydrogen) atoms. The molecule has 0 atom stereocenters. The van der Waals surface area contributed by atoms with Crippen LogP contribution in [0.4, 0.5) is 5.69 Å². The minimum Gasteiger partial charge on any atom is -0.496 e. The van der Waals surface area contributed by atoms with Crippen LogP contribution in [0.1, 0.15) is 18.1 Å². The van der Waals surface area contributed by atoms with Gasteiger partial charge in [-0.05, 0) is 42.3 Å². The average Bonchev–Trinajstić information content (AvgIpc) is 2.45. The van der Waals surface area contributed by atoms with Crippen molar-refractivity contribution in [1.82, 2.24) is 0 Å². The van der Waals surface area contributed by atoms with E-state index in [1.54, 1.807) is 7.11 Å². The zero-order valence-corrected chi connectivity index (χ0v) is 12.0. The number of anilines is 1. The molecule has 0 radical (unpaired) electrons. The van der Waals surface area contributed by atoms with Gasteiger partial charge in [0.15, 0.2) is 0 Å². The molecule has 2 aromatic rings. The first kappa shape index (κ1) is 13.8. The Bertz CT molecular complexity index is 554. The molecule has 0 aliphatic rings. The lowest BCUT2D eigenvalue weighted by atomic mass is 10.1. The largest absolute Gasteiger partial charge is 0.496 e. The number of halogens is 1. The zero-order chi connectivity index (χ0) is 13.7. The lowest BCUT2D eigenvalue weighted by Crippen LogP contribution is -2.02. The van der Waals surface area contributed by atoms with E-state index in [0.717, 1.165) is 28.4 Å². The van der Waals surface area contributed by atoms with Crippen LogP contribution in [0.3, 0.4) is 0 Å². The Labute approximate surface area is 119 Å². The number of hydrogen-bond donors (Lipinski definition) is 1. The van der Waals surface area contributed by atoms with Crippen LogP contribution in [0.25, 0.3) is 0 Å². The molecule has 0 fully saturated rings. The molecule has 1 N–H and O–H groups in total. The molecule has 0 amide bonds. The van der Waals surface area contributed by atoms with Gasteiger partial charge in [0.2, 0.25) is 0 Å². The molecular weight excluding hydrogens is 258 g/mol. The van der Waals surface area contributed by atoms with Crippen LogP contribution in [0, 0.1) is 0 Å². The summed E-state index contributed by atoms with van der Waals surface area (Å²) in [4.78, 5) is 0. The van der Waals surface area contributed by atoms with Gasteiger partial charge in [-0.25, -0.2) is 0 Å². The van der Waals surface area contributed by atoms with E-state index in [-0.39, 0.29) is 0 Å². The van der Waals surface area contributed by atoms with Crippen molar-refractivity contribution in [3.05, 3.63) is 58.6 Å². The van der Waals surface area contributed by atoms with E-state index in [9.17, 15) is 0 Å². The van der Waals surface area contributed by atoms with E-state index in [4.69, 9.17) is 16.3 Å². The van der Waals surface area contributed by atoms with E-state index < -0.39 is 0 Å². The normalized spacial score (nSPS) is 10.3. The molecule has 0 bridgehead atoms. The summed E-state index contributed by atoms with van der Waals surface area (Å²) < 4.78 is 5.34. The number of hydrogen-bond acceptors (Lipinski definition) is 2. The fraction of sp³-hybridized carbons (Fsp3) is 0.250. The Morgan fingerprint density at radius 3 is 2.74 bits per heavy atom. The van der Waals surface area contributed by atoms with Crippen LogP contribution in [0.2, 0.25) is 5.02 Å². The molecule has 3 heteroatoms. The van der Waals surface area contributed by atoms with Crippen molar-refractivity contribution >= 4 is 17.3 Å². The van der Waals surface area contributed by atoms with Gasteiger partial charge in [0.05, 0.1) is 7.11 Å². The minimum absolute atomic E-state index is 0.691. The van der Waals surface area contributed by atoms with E-state index >= 15 is 0 Å². The highest BCUT2D eigenvalue weighted by Gasteiger charge is 2.04. The van der Waals surface area contributed by atoms with Crippen molar-refractivity contribution in [2.75, 3.05) is 12.4 Å². The fourth-order valence-corrected chi connectivity index (χ4v) is 2.18. The molecule has 0 aliphatic heterocycles. The van der Waals surface area contributed by atoms with E-state index in [2.05, 4.69) is 36.5 Å². The van der Waals surface area contributed by atoms with Crippen LogP contribution in [-0.2, 0) is 13.0 Å². The SMILES string of the molecule is CCc1cccc(NCc2cc(Cl)ccc2OC)c1. The zero-order valence-electron chi connectivity index (χ0n) is 11.2. The number of nitrogens with one attached hydrogen (secondary N) is 1. The summed E-state index contributed by atoms with van der Waals surface area (Å²) in [5.41, 5.74) is 3.49. The smallest absolute Gasteiger partial charge is 0.123 e. The summed E-state index contributed by atoms with van der Waals surface area (Å²) in [6.45, 7) is 2.84. The second-order valence-corrected chi connectivity index (χ2v) is 4.80. The molecule has 0 heterocycles. The van der Waals surface area contributed by atoms with Crippen LogP contribution in [-0.4, -0.2) is 7.11 Å². The van der Waals surface area contributed by atoms with Crippen molar-refractivity contribution in [2.24, 2.45) is 0 Å². The van der Waals surface area contributed by atoms with Gasteiger partial charge in [0, 0.05) is 22.8 Å².